The fraction of sp³-hybridized carbons (Fsp3) is 0.500. The van der Waals surface area contributed by atoms with Gasteiger partial charge in [0, 0.05) is 31.2 Å². The Morgan fingerprint density at radius 2 is 2.28 bits per heavy atom. The van der Waals surface area contributed by atoms with E-state index in [1.54, 1.807) is 0 Å². The van der Waals surface area contributed by atoms with E-state index in [1.807, 2.05) is 29.2 Å². The van der Waals surface area contributed by atoms with Crippen molar-refractivity contribution in [1.82, 2.24) is 10.2 Å². The van der Waals surface area contributed by atoms with Gasteiger partial charge in [0.2, 0.25) is 5.91 Å². The third-order valence-corrected chi connectivity index (χ3v) is 3.78. The molecular formula is C14H18N2O2. The second-order valence-electron chi connectivity index (χ2n) is 4.99. The van der Waals surface area contributed by atoms with E-state index in [1.165, 1.54) is 0 Å². The Morgan fingerprint density at radius 1 is 1.44 bits per heavy atom. The maximum absolute atomic E-state index is 12.6. The predicted molar refractivity (Wildman–Crippen MR) is 68.7 cm³/mol. The average molecular weight is 246 g/mol. The number of nitrogens with zero attached hydrogens (tertiary/aromatic N) is 1. The van der Waals surface area contributed by atoms with Crippen LogP contribution in [0.2, 0.25) is 0 Å². The fourth-order valence-corrected chi connectivity index (χ4v) is 2.74. The molecule has 2 atom stereocenters. The van der Waals surface area contributed by atoms with Gasteiger partial charge in [0.1, 0.15) is 18.3 Å². The van der Waals surface area contributed by atoms with E-state index in [-0.39, 0.29) is 17.9 Å². The van der Waals surface area contributed by atoms with Crippen molar-refractivity contribution in [3.05, 3.63) is 29.8 Å². The van der Waals surface area contributed by atoms with E-state index in [9.17, 15) is 4.79 Å². The summed E-state index contributed by atoms with van der Waals surface area (Å²) in [6, 6.07) is 8.11. The Morgan fingerprint density at radius 3 is 3.11 bits per heavy atom. The third kappa shape index (κ3) is 1.86. The molecule has 2 aliphatic heterocycles. The Kier molecular flexibility index (Phi) is 2.96. The number of carbonyl (C=O) groups is 1. The molecule has 1 N–H and O–H groups in total. The summed E-state index contributed by atoms with van der Waals surface area (Å²) in [6.07, 6.45) is 0. The van der Waals surface area contributed by atoms with Crippen LogP contribution in [-0.4, -0.2) is 43.1 Å². The van der Waals surface area contributed by atoms with Crippen LogP contribution in [0, 0.1) is 0 Å². The van der Waals surface area contributed by atoms with E-state index in [0.29, 0.717) is 6.61 Å². The largest absolute Gasteiger partial charge is 0.492 e. The zero-order valence-corrected chi connectivity index (χ0v) is 10.6. The van der Waals surface area contributed by atoms with Gasteiger partial charge in [-0.25, -0.2) is 0 Å². The van der Waals surface area contributed by atoms with Gasteiger partial charge >= 0.3 is 0 Å². The third-order valence-electron chi connectivity index (χ3n) is 3.78. The number of piperazine rings is 1. The highest BCUT2D eigenvalue weighted by atomic mass is 16.5. The van der Waals surface area contributed by atoms with Gasteiger partial charge in [-0.1, -0.05) is 18.2 Å². The SMILES string of the molecule is C[C@H]1CNCCN1C(=O)[C@H]1COc2ccccc21. The number of hydrogen-bond donors (Lipinski definition) is 1. The van der Waals surface area contributed by atoms with Crippen LogP contribution in [0.3, 0.4) is 0 Å². The summed E-state index contributed by atoms with van der Waals surface area (Å²) in [5.41, 5.74) is 1.04. The summed E-state index contributed by atoms with van der Waals surface area (Å²) in [7, 11) is 0. The van der Waals surface area contributed by atoms with Crippen molar-refractivity contribution < 1.29 is 9.53 Å². The molecule has 1 aromatic carbocycles. The van der Waals surface area contributed by atoms with Crippen LogP contribution in [0.5, 0.6) is 5.75 Å². The molecular weight excluding hydrogens is 228 g/mol. The molecule has 0 saturated carbocycles. The van der Waals surface area contributed by atoms with E-state index in [0.717, 1.165) is 30.9 Å². The number of fused-ring (bicyclic) bond motifs is 1. The van der Waals surface area contributed by atoms with E-state index in [4.69, 9.17) is 4.74 Å². The van der Waals surface area contributed by atoms with Gasteiger partial charge in [-0.15, -0.1) is 0 Å². The molecule has 4 heteroatoms. The van der Waals surface area contributed by atoms with Crippen LogP contribution in [0.25, 0.3) is 0 Å². The standard InChI is InChI=1S/C14H18N2O2/c1-10-8-15-6-7-16(10)14(17)12-9-18-13-5-3-2-4-11(12)13/h2-5,10,12,15H,6-9H2,1H3/t10-,12-/m0/s1. The number of rotatable bonds is 1. The maximum atomic E-state index is 12.6. The summed E-state index contributed by atoms with van der Waals surface area (Å²) in [5.74, 6) is 0.939. The summed E-state index contributed by atoms with van der Waals surface area (Å²) in [6.45, 7) is 5.12. The van der Waals surface area contributed by atoms with Gasteiger partial charge in [0.05, 0.1) is 0 Å². The summed E-state index contributed by atoms with van der Waals surface area (Å²) in [5, 5.41) is 3.30. The van der Waals surface area contributed by atoms with Crippen LogP contribution in [0.15, 0.2) is 24.3 Å². The van der Waals surface area contributed by atoms with Crippen molar-refractivity contribution in [2.45, 2.75) is 18.9 Å². The highest BCUT2D eigenvalue weighted by Gasteiger charge is 2.35. The van der Waals surface area contributed by atoms with Gasteiger partial charge in [0.15, 0.2) is 0 Å². The van der Waals surface area contributed by atoms with E-state index in [2.05, 4.69) is 12.2 Å². The first kappa shape index (κ1) is 11.5. The number of benzene rings is 1. The average Bonchev–Trinajstić information content (AvgIpc) is 2.82. The zero-order valence-electron chi connectivity index (χ0n) is 10.6. The van der Waals surface area contributed by atoms with Gasteiger partial charge < -0.3 is 15.0 Å². The highest BCUT2D eigenvalue weighted by Crippen LogP contribution is 2.34. The lowest BCUT2D eigenvalue weighted by molar-refractivity contribution is -0.135. The first-order chi connectivity index (χ1) is 8.77. The number of para-hydroxylation sites is 1. The lowest BCUT2D eigenvalue weighted by Gasteiger charge is -2.35. The van der Waals surface area contributed by atoms with Crippen LogP contribution in [0.4, 0.5) is 0 Å². The lowest BCUT2D eigenvalue weighted by Crippen LogP contribution is -2.53. The Hall–Kier alpha value is -1.55. The molecule has 2 aliphatic rings. The molecule has 0 radical (unpaired) electrons. The number of amides is 1. The molecule has 1 aromatic rings. The molecule has 18 heavy (non-hydrogen) atoms. The summed E-state index contributed by atoms with van der Waals surface area (Å²) >= 11 is 0. The molecule has 1 saturated heterocycles. The fourth-order valence-electron chi connectivity index (χ4n) is 2.74. The summed E-state index contributed by atoms with van der Waals surface area (Å²) < 4.78 is 5.60. The minimum absolute atomic E-state index is 0.123. The molecule has 2 heterocycles. The van der Waals surface area contributed by atoms with Gasteiger partial charge in [-0.2, -0.15) is 0 Å². The van der Waals surface area contributed by atoms with Gasteiger partial charge in [0.25, 0.3) is 0 Å². The molecule has 0 spiro atoms. The Labute approximate surface area is 107 Å². The number of ether oxygens (including phenoxy) is 1. The van der Waals surface area contributed by atoms with Crippen LogP contribution in [0.1, 0.15) is 18.4 Å². The molecule has 1 fully saturated rings. The normalized spacial score (nSPS) is 26.6. The smallest absolute Gasteiger partial charge is 0.234 e. The highest BCUT2D eigenvalue weighted by molar-refractivity contribution is 5.86. The lowest BCUT2D eigenvalue weighted by atomic mass is 9.98. The second kappa shape index (κ2) is 4.61. The molecule has 4 nitrogen and oxygen atoms in total. The Balaban J connectivity index is 1.82. The molecule has 0 bridgehead atoms. The number of hydrogen-bond acceptors (Lipinski definition) is 3. The minimum Gasteiger partial charge on any atom is -0.492 e. The zero-order chi connectivity index (χ0) is 12.5. The monoisotopic (exact) mass is 246 g/mol. The Bertz CT molecular complexity index is 461. The van der Waals surface area contributed by atoms with E-state index < -0.39 is 0 Å². The number of nitrogens with one attached hydrogen (secondary N) is 1. The van der Waals surface area contributed by atoms with Crippen LogP contribution < -0.4 is 10.1 Å². The quantitative estimate of drug-likeness (QED) is 0.803. The molecule has 96 valence electrons. The van der Waals surface area contributed by atoms with Gasteiger partial charge in [-0.3, -0.25) is 4.79 Å². The summed E-state index contributed by atoms with van der Waals surface area (Å²) in [4.78, 5) is 14.6. The maximum Gasteiger partial charge on any atom is 0.234 e. The molecule has 0 aromatic heterocycles. The topological polar surface area (TPSA) is 41.6 Å². The first-order valence-corrected chi connectivity index (χ1v) is 6.50. The van der Waals surface area contributed by atoms with Crippen molar-refractivity contribution in [2.24, 2.45) is 0 Å². The number of carbonyl (C=O) groups excluding carboxylic acids is 1. The minimum atomic E-state index is -0.123. The van der Waals surface area contributed by atoms with Crippen molar-refractivity contribution in [3.8, 4) is 5.75 Å². The van der Waals surface area contributed by atoms with Crippen molar-refractivity contribution >= 4 is 5.91 Å². The van der Waals surface area contributed by atoms with Crippen LogP contribution >= 0.6 is 0 Å². The molecule has 0 unspecified atom stereocenters. The molecule has 0 aliphatic carbocycles. The van der Waals surface area contributed by atoms with Crippen molar-refractivity contribution in [3.63, 3.8) is 0 Å². The molecule has 1 amide bonds. The van der Waals surface area contributed by atoms with Crippen molar-refractivity contribution in [2.75, 3.05) is 26.2 Å². The first-order valence-electron chi connectivity index (χ1n) is 6.50. The van der Waals surface area contributed by atoms with Crippen molar-refractivity contribution in [1.29, 1.82) is 0 Å². The van der Waals surface area contributed by atoms with Gasteiger partial charge in [-0.05, 0) is 13.0 Å². The predicted octanol–water partition coefficient (Wildman–Crippen LogP) is 0.983. The molecule has 3 rings (SSSR count). The second-order valence-corrected chi connectivity index (χ2v) is 4.99. The van der Waals surface area contributed by atoms with E-state index >= 15 is 0 Å². The van der Waals surface area contributed by atoms with Crippen LogP contribution in [-0.2, 0) is 4.79 Å².